The third-order valence-corrected chi connectivity index (χ3v) is 4.00. The van der Waals surface area contributed by atoms with Crippen LogP contribution in [0.25, 0.3) is 0 Å². The highest BCUT2D eigenvalue weighted by molar-refractivity contribution is 8.11. The number of para-hydroxylation sites is 1. The fourth-order valence-corrected chi connectivity index (χ4v) is 2.81. The Morgan fingerprint density at radius 2 is 1.47 bits per heavy atom. The second-order valence-corrected chi connectivity index (χ2v) is 5.30. The van der Waals surface area contributed by atoms with Gasteiger partial charge >= 0.3 is 0 Å². The first-order chi connectivity index (χ1) is 8.27. The number of hydrogen-bond acceptors (Lipinski definition) is 2. The quantitative estimate of drug-likeness (QED) is 0.681. The lowest BCUT2D eigenvalue weighted by Gasteiger charge is -2.17. The van der Waals surface area contributed by atoms with Gasteiger partial charge in [0, 0.05) is 16.8 Å². The summed E-state index contributed by atoms with van der Waals surface area (Å²) in [4.78, 5) is 0.916. The molecule has 0 fully saturated rings. The zero-order chi connectivity index (χ0) is 12.1. The van der Waals surface area contributed by atoms with E-state index in [1.165, 1.54) is 15.7 Å². The molecular weight excluding hydrogens is 254 g/mol. The van der Waals surface area contributed by atoms with Gasteiger partial charge in [0.05, 0.1) is 5.69 Å². The minimum atomic E-state index is -2.06. The highest BCUT2D eigenvalue weighted by Gasteiger charge is 2.13. The zero-order valence-corrected chi connectivity index (χ0v) is 10.5. The Kier molecular flexibility index (Phi) is 4.19. The maximum atomic E-state index is 11.3. The molecule has 88 valence electrons. The fraction of sp³-hybridized carbons (Fsp3) is 0. The van der Waals surface area contributed by atoms with Crippen molar-refractivity contribution in [3.8, 4) is 0 Å². The lowest BCUT2D eigenvalue weighted by atomic mass is 10.3. The van der Waals surface area contributed by atoms with Crippen LogP contribution in [0, 0.1) is 0 Å². The van der Waals surface area contributed by atoms with E-state index >= 15 is 0 Å². The van der Waals surface area contributed by atoms with Gasteiger partial charge in [-0.15, -0.1) is 0 Å². The molecule has 0 aromatic heterocycles. The average Bonchev–Trinajstić information content (AvgIpc) is 2.38. The van der Waals surface area contributed by atoms with Crippen molar-refractivity contribution >= 4 is 28.9 Å². The average molecular weight is 265 g/mol. The van der Waals surface area contributed by atoms with E-state index in [0.29, 0.717) is 5.69 Å². The molecule has 0 bridgehead atoms. The number of anilines is 1. The van der Waals surface area contributed by atoms with Gasteiger partial charge in [0.2, 0.25) is 0 Å². The van der Waals surface area contributed by atoms with Crippen LogP contribution in [-0.4, -0.2) is 8.76 Å². The molecule has 2 rings (SSSR count). The van der Waals surface area contributed by atoms with Gasteiger partial charge in [-0.1, -0.05) is 36.4 Å². The van der Waals surface area contributed by atoms with E-state index in [9.17, 15) is 8.76 Å². The molecule has 1 atom stereocenters. The third kappa shape index (κ3) is 3.33. The summed E-state index contributed by atoms with van der Waals surface area (Å²) in [6, 6.07) is 18.6. The van der Waals surface area contributed by atoms with Gasteiger partial charge in [0.15, 0.2) is 0 Å². The summed E-state index contributed by atoms with van der Waals surface area (Å²) in [6.07, 6.45) is 0. The van der Waals surface area contributed by atoms with E-state index in [1.54, 1.807) is 12.1 Å². The summed E-state index contributed by atoms with van der Waals surface area (Å²) >= 11 is -0.825. The summed E-state index contributed by atoms with van der Waals surface area (Å²) in [6.45, 7) is 0. The predicted octanol–water partition coefficient (Wildman–Crippen LogP) is 3.34. The Hall–Kier alpha value is -1.30. The Morgan fingerprint density at radius 3 is 2.00 bits per heavy atom. The fourth-order valence-electron chi connectivity index (χ4n) is 1.30. The summed E-state index contributed by atoms with van der Waals surface area (Å²) in [5, 5.41) is 0. The molecule has 17 heavy (non-hydrogen) atoms. The van der Waals surface area contributed by atoms with E-state index < -0.39 is 11.3 Å². The van der Waals surface area contributed by atoms with Crippen LogP contribution in [0.15, 0.2) is 65.6 Å². The van der Waals surface area contributed by atoms with Crippen molar-refractivity contribution in [2.75, 3.05) is 3.71 Å². The second kappa shape index (κ2) is 5.86. The van der Waals surface area contributed by atoms with Gasteiger partial charge in [-0.05, 0) is 24.3 Å². The molecule has 0 aliphatic rings. The highest BCUT2D eigenvalue weighted by atomic mass is 32.3. The second-order valence-electron chi connectivity index (χ2n) is 3.23. The maximum absolute atomic E-state index is 11.3. The van der Waals surface area contributed by atoms with E-state index in [1.807, 2.05) is 48.5 Å². The number of nitrogens with zero attached hydrogens (tertiary/aromatic N) is 1. The molecule has 0 heterocycles. The molecule has 2 aromatic rings. The van der Waals surface area contributed by atoms with Crippen LogP contribution in [-0.2, 0) is 11.3 Å². The van der Waals surface area contributed by atoms with Crippen LogP contribution in [0.1, 0.15) is 0 Å². The van der Waals surface area contributed by atoms with Gasteiger partial charge in [0.1, 0.15) is 0 Å². The van der Waals surface area contributed by atoms with Crippen molar-refractivity contribution in [3.05, 3.63) is 60.7 Å². The van der Waals surface area contributed by atoms with Crippen molar-refractivity contribution < 1.29 is 8.76 Å². The molecule has 0 saturated heterocycles. The molecule has 2 aromatic carbocycles. The van der Waals surface area contributed by atoms with Crippen LogP contribution in [0.5, 0.6) is 0 Å². The monoisotopic (exact) mass is 265 g/mol. The van der Waals surface area contributed by atoms with Crippen LogP contribution >= 0.6 is 11.9 Å². The predicted molar refractivity (Wildman–Crippen MR) is 72.0 cm³/mol. The maximum Gasteiger partial charge on any atom is 0.272 e. The van der Waals surface area contributed by atoms with Gasteiger partial charge in [0.25, 0.3) is 11.3 Å². The van der Waals surface area contributed by atoms with Gasteiger partial charge in [-0.2, -0.15) is 0 Å². The zero-order valence-electron chi connectivity index (χ0n) is 8.89. The van der Waals surface area contributed by atoms with Crippen LogP contribution < -0.4 is 3.71 Å². The van der Waals surface area contributed by atoms with Crippen LogP contribution in [0.3, 0.4) is 0 Å². The lowest BCUT2D eigenvalue weighted by molar-refractivity contribution is 0.567. The smallest absolute Gasteiger partial charge is 0.272 e. The Morgan fingerprint density at radius 1 is 0.941 bits per heavy atom. The van der Waals surface area contributed by atoms with Crippen LogP contribution in [0.2, 0.25) is 0 Å². The molecule has 0 saturated carbocycles. The molecule has 1 unspecified atom stereocenters. The van der Waals surface area contributed by atoms with Gasteiger partial charge in [-0.3, -0.25) is 4.55 Å². The van der Waals surface area contributed by atoms with Crippen molar-refractivity contribution in [1.82, 2.24) is 0 Å². The normalized spacial score (nSPS) is 12.1. The largest absolute Gasteiger partial charge is 0.289 e. The molecule has 0 radical (unpaired) electrons. The molecule has 3 nitrogen and oxygen atoms in total. The summed E-state index contributed by atoms with van der Waals surface area (Å²) in [5.41, 5.74) is 0.696. The number of rotatable bonds is 4. The Labute approximate surface area is 107 Å². The van der Waals surface area contributed by atoms with E-state index in [2.05, 4.69) is 0 Å². The van der Waals surface area contributed by atoms with Crippen molar-refractivity contribution in [2.24, 2.45) is 0 Å². The topological polar surface area (TPSA) is 40.5 Å². The van der Waals surface area contributed by atoms with Crippen molar-refractivity contribution in [1.29, 1.82) is 0 Å². The SMILES string of the molecule is O=S(O)N(Sc1ccccc1)c1ccccc1. The standard InChI is InChI=1S/C12H11NO2S2/c14-17(15)13(11-7-3-1-4-8-11)16-12-9-5-2-6-10-12/h1-10H,(H,14,15). The number of benzene rings is 2. The Balaban J connectivity index is 2.23. The summed E-state index contributed by atoms with van der Waals surface area (Å²) in [5.74, 6) is 0. The highest BCUT2D eigenvalue weighted by Crippen LogP contribution is 2.29. The van der Waals surface area contributed by atoms with Gasteiger partial charge in [-0.25, -0.2) is 7.92 Å². The van der Waals surface area contributed by atoms with Crippen LogP contribution in [0.4, 0.5) is 5.69 Å². The molecule has 0 aliphatic heterocycles. The first kappa shape index (κ1) is 12.2. The molecule has 0 amide bonds. The summed E-state index contributed by atoms with van der Waals surface area (Å²) < 4.78 is 22.0. The van der Waals surface area contributed by atoms with Gasteiger partial charge < -0.3 is 0 Å². The molecular formula is C12H11NO2S2. The summed E-state index contributed by atoms with van der Waals surface area (Å²) in [7, 11) is 0. The molecule has 1 N–H and O–H groups in total. The first-order valence-electron chi connectivity index (χ1n) is 4.96. The van der Waals surface area contributed by atoms with Crippen molar-refractivity contribution in [2.45, 2.75) is 4.90 Å². The first-order valence-corrected chi connectivity index (χ1v) is 6.80. The Bertz CT molecular complexity index is 490. The third-order valence-electron chi connectivity index (χ3n) is 2.04. The molecule has 0 spiro atoms. The van der Waals surface area contributed by atoms with Crippen molar-refractivity contribution in [3.63, 3.8) is 0 Å². The minimum absolute atomic E-state index is 0.696. The van der Waals surface area contributed by atoms with E-state index in [-0.39, 0.29) is 0 Å². The van der Waals surface area contributed by atoms with E-state index in [4.69, 9.17) is 0 Å². The lowest BCUT2D eigenvalue weighted by Crippen LogP contribution is -2.16. The number of hydrogen-bond donors (Lipinski definition) is 1. The molecule has 0 aliphatic carbocycles. The minimum Gasteiger partial charge on any atom is -0.289 e. The van der Waals surface area contributed by atoms with E-state index in [0.717, 1.165) is 4.90 Å². The molecule has 5 heteroatoms.